The monoisotopic (exact) mass is 664 g/mol. The van der Waals surface area contributed by atoms with Crippen LogP contribution in [0.1, 0.15) is 27.0 Å². The van der Waals surface area contributed by atoms with E-state index in [-0.39, 0.29) is 5.91 Å². The molecule has 0 N–H and O–H groups in total. The predicted molar refractivity (Wildman–Crippen MR) is 195 cm³/mol. The summed E-state index contributed by atoms with van der Waals surface area (Å²) in [5.41, 5.74) is 4.22. The molecule has 3 heterocycles. The lowest BCUT2D eigenvalue weighted by Crippen LogP contribution is -2.48. The summed E-state index contributed by atoms with van der Waals surface area (Å²) in [6.07, 6.45) is 8.77. The van der Waals surface area contributed by atoms with E-state index in [1.54, 1.807) is 11.8 Å². The minimum absolute atomic E-state index is 0.0901. The molecule has 47 heavy (non-hydrogen) atoms. The fraction of sp³-hybridized carbons (Fsp3) is 0.289. The number of carbonyl (C=O) groups excluding carboxylic acids is 1. The molecule has 9 heteroatoms. The Balaban J connectivity index is 0.968. The highest BCUT2D eigenvalue weighted by atomic mass is 35.5. The topological polar surface area (TPSA) is 55.8 Å². The molecule has 0 aliphatic carbocycles. The van der Waals surface area contributed by atoms with Gasteiger partial charge in [-0.1, -0.05) is 120 Å². The Bertz CT molecular complexity index is 1650. The fourth-order valence-electron chi connectivity index (χ4n) is 5.83. The standard InChI is InChI=1S/C38H41ClN6OS/c39-35-29-36(44-24-20-42(21-25-44)18-8-15-31-10-3-1-4-11-31)41-38(40-35)47-30-33-14-7-17-34(28-33)37(46)45-26-22-43(23-27-45)19-9-16-32-12-5-2-6-13-32/h1-17,28-29H,18-27,30H2. The number of hydrogen-bond acceptors (Lipinski definition) is 7. The number of thioether (sulfide) groups is 1. The van der Waals surface area contributed by atoms with Crippen molar-refractivity contribution in [3.05, 3.63) is 131 Å². The molecule has 1 amide bonds. The number of piperazine rings is 2. The van der Waals surface area contributed by atoms with Gasteiger partial charge in [0.1, 0.15) is 11.0 Å². The number of benzene rings is 3. The van der Waals surface area contributed by atoms with Crippen LogP contribution >= 0.6 is 23.4 Å². The Labute approximate surface area is 287 Å². The minimum atomic E-state index is 0.0901. The maximum atomic E-state index is 13.4. The molecule has 0 saturated carbocycles. The van der Waals surface area contributed by atoms with Crippen molar-refractivity contribution in [2.75, 3.05) is 70.3 Å². The molecule has 2 aliphatic rings. The van der Waals surface area contributed by atoms with Crippen molar-refractivity contribution in [3.63, 3.8) is 0 Å². The zero-order valence-corrected chi connectivity index (χ0v) is 28.2. The summed E-state index contributed by atoms with van der Waals surface area (Å²) in [7, 11) is 0. The summed E-state index contributed by atoms with van der Waals surface area (Å²) in [6, 6.07) is 30.5. The van der Waals surface area contributed by atoms with Crippen molar-refractivity contribution in [3.8, 4) is 0 Å². The average Bonchev–Trinajstić information content (AvgIpc) is 3.12. The van der Waals surface area contributed by atoms with E-state index in [2.05, 4.69) is 98.6 Å². The molecule has 2 aliphatic heterocycles. The molecule has 2 saturated heterocycles. The molecule has 1 aromatic heterocycles. The number of hydrogen-bond donors (Lipinski definition) is 0. The van der Waals surface area contributed by atoms with Gasteiger partial charge in [-0.15, -0.1) is 0 Å². The lowest BCUT2D eigenvalue weighted by Gasteiger charge is -2.35. The van der Waals surface area contributed by atoms with E-state index in [1.165, 1.54) is 11.1 Å². The third-order valence-electron chi connectivity index (χ3n) is 8.51. The molecule has 4 aromatic rings. The zero-order valence-electron chi connectivity index (χ0n) is 26.6. The molecule has 0 bridgehead atoms. The van der Waals surface area contributed by atoms with E-state index in [4.69, 9.17) is 16.6 Å². The maximum absolute atomic E-state index is 13.4. The average molecular weight is 665 g/mol. The molecule has 0 unspecified atom stereocenters. The van der Waals surface area contributed by atoms with E-state index in [1.807, 2.05) is 41.3 Å². The van der Waals surface area contributed by atoms with Crippen molar-refractivity contribution < 1.29 is 4.79 Å². The van der Waals surface area contributed by atoms with Crippen molar-refractivity contribution >= 4 is 47.2 Å². The smallest absolute Gasteiger partial charge is 0.253 e. The lowest BCUT2D eigenvalue weighted by atomic mass is 10.1. The van der Waals surface area contributed by atoms with Crippen molar-refractivity contribution in [2.45, 2.75) is 10.9 Å². The first-order valence-corrected chi connectivity index (χ1v) is 17.6. The highest BCUT2D eigenvalue weighted by molar-refractivity contribution is 7.98. The van der Waals surface area contributed by atoms with Gasteiger partial charge in [0.05, 0.1) is 0 Å². The molecule has 6 rings (SSSR count). The van der Waals surface area contributed by atoms with E-state index in [0.717, 1.165) is 82.4 Å². The van der Waals surface area contributed by atoms with Gasteiger partial charge in [-0.2, -0.15) is 0 Å². The summed E-state index contributed by atoms with van der Waals surface area (Å²) in [5.74, 6) is 1.61. The van der Waals surface area contributed by atoms with Gasteiger partial charge in [-0.05, 0) is 28.8 Å². The Morgan fingerprint density at radius 2 is 1.30 bits per heavy atom. The van der Waals surface area contributed by atoms with Crippen molar-refractivity contribution in [1.82, 2.24) is 24.7 Å². The molecule has 3 aromatic carbocycles. The first-order chi connectivity index (χ1) is 23.1. The van der Waals surface area contributed by atoms with E-state index in [0.29, 0.717) is 16.1 Å². The van der Waals surface area contributed by atoms with Crippen LogP contribution in [-0.2, 0) is 5.75 Å². The molecule has 2 fully saturated rings. The highest BCUT2D eigenvalue weighted by Gasteiger charge is 2.22. The van der Waals surface area contributed by atoms with Crippen LogP contribution < -0.4 is 4.90 Å². The largest absolute Gasteiger partial charge is 0.354 e. The number of rotatable bonds is 11. The molecule has 7 nitrogen and oxygen atoms in total. The Morgan fingerprint density at radius 3 is 1.91 bits per heavy atom. The third kappa shape index (κ3) is 9.78. The first-order valence-electron chi connectivity index (χ1n) is 16.3. The number of nitrogens with zero attached hydrogens (tertiary/aromatic N) is 6. The number of amides is 1. The normalized spacial score (nSPS) is 16.4. The number of halogens is 1. The molecule has 0 atom stereocenters. The van der Waals surface area contributed by atoms with Gasteiger partial charge >= 0.3 is 0 Å². The third-order valence-corrected chi connectivity index (χ3v) is 9.62. The van der Waals surface area contributed by atoms with Crippen LogP contribution in [0.4, 0.5) is 5.82 Å². The van der Waals surface area contributed by atoms with E-state index >= 15 is 0 Å². The maximum Gasteiger partial charge on any atom is 0.253 e. The minimum Gasteiger partial charge on any atom is -0.354 e. The predicted octanol–water partition coefficient (Wildman–Crippen LogP) is 6.73. The SMILES string of the molecule is O=C(c1cccc(CSc2nc(Cl)cc(N3CCN(CC=Cc4ccccc4)CC3)n2)c1)N1CCN(CC=Cc2ccccc2)CC1. The summed E-state index contributed by atoms with van der Waals surface area (Å²) in [6.45, 7) is 8.72. The van der Waals surface area contributed by atoms with E-state index in [9.17, 15) is 4.79 Å². The second-order valence-corrected chi connectivity index (χ2v) is 13.2. The fourth-order valence-corrected chi connectivity index (χ4v) is 6.86. The van der Waals surface area contributed by atoms with Gasteiger partial charge < -0.3 is 9.80 Å². The van der Waals surface area contributed by atoms with Gasteiger partial charge in [0, 0.05) is 82.8 Å². The Hall–Kier alpha value is -3.95. The van der Waals surface area contributed by atoms with Crippen molar-refractivity contribution in [1.29, 1.82) is 0 Å². The first kappa shape index (κ1) is 33.0. The van der Waals surface area contributed by atoms with Crippen molar-refractivity contribution in [2.24, 2.45) is 0 Å². The highest BCUT2D eigenvalue weighted by Crippen LogP contribution is 2.26. The van der Waals surface area contributed by atoms with Crippen LogP contribution in [0.15, 0.2) is 108 Å². The van der Waals surface area contributed by atoms with Crippen LogP contribution in [0.3, 0.4) is 0 Å². The molecule has 0 spiro atoms. The summed E-state index contributed by atoms with van der Waals surface area (Å²) in [4.78, 5) is 31.8. The quantitative estimate of drug-likeness (QED) is 0.100. The Morgan fingerprint density at radius 1 is 0.702 bits per heavy atom. The van der Waals surface area contributed by atoms with Gasteiger partial charge in [0.15, 0.2) is 5.16 Å². The Kier molecular flexibility index (Phi) is 11.7. The molecule has 242 valence electrons. The summed E-state index contributed by atoms with van der Waals surface area (Å²) in [5, 5.41) is 1.10. The number of aromatic nitrogens is 2. The van der Waals surface area contributed by atoms with Gasteiger partial charge in [-0.25, -0.2) is 9.97 Å². The zero-order chi connectivity index (χ0) is 32.3. The second-order valence-electron chi connectivity index (χ2n) is 11.8. The van der Waals surface area contributed by atoms with Gasteiger partial charge in [0.25, 0.3) is 5.91 Å². The summed E-state index contributed by atoms with van der Waals surface area (Å²) < 4.78 is 0. The number of anilines is 1. The van der Waals surface area contributed by atoms with Crippen LogP contribution in [-0.4, -0.2) is 96.0 Å². The summed E-state index contributed by atoms with van der Waals surface area (Å²) >= 11 is 8.00. The van der Waals surface area contributed by atoms with Crippen LogP contribution in [0.5, 0.6) is 0 Å². The van der Waals surface area contributed by atoms with Crippen LogP contribution in [0, 0.1) is 0 Å². The molecular formula is C38H41ClN6OS. The molecule has 0 radical (unpaired) electrons. The molecular weight excluding hydrogens is 624 g/mol. The van der Waals surface area contributed by atoms with E-state index < -0.39 is 0 Å². The lowest BCUT2D eigenvalue weighted by molar-refractivity contribution is 0.0650. The number of carbonyl (C=O) groups is 1. The van der Waals surface area contributed by atoms with Gasteiger partial charge in [0.2, 0.25) is 0 Å². The van der Waals surface area contributed by atoms with Crippen LogP contribution in [0.25, 0.3) is 12.2 Å². The van der Waals surface area contributed by atoms with Crippen LogP contribution in [0.2, 0.25) is 5.15 Å². The van der Waals surface area contributed by atoms with Gasteiger partial charge in [-0.3, -0.25) is 14.6 Å². The second kappa shape index (κ2) is 16.7.